The van der Waals surface area contributed by atoms with Crippen molar-refractivity contribution in [3.05, 3.63) is 65.0 Å². The molecule has 6 rings (SSSR count). The van der Waals surface area contributed by atoms with Gasteiger partial charge in [0.1, 0.15) is 23.6 Å². The molecule has 11 nitrogen and oxygen atoms in total. The summed E-state index contributed by atoms with van der Waals surface area (Å²) in [4.78, 5) is 26.9. The molecule has 168 valence electrons. The number of aromatic nitrogens is 2. The van der Waals surface area contributed by atoms with E-state index in [0.29, 0.717) is 34.0 Å². The molecule has 34 heavy (non-hydrogen) atoms. The molecule has 0 unspecified atom stereocenters. The third-order valence-electron chi connectivity index (χ3n) is 6.17. The van der Waals surface area contributed by atoms with Gasteiger partial charge in [0.2, 0.25) is 24.5 Å². The molecule has 1 aromatic heterocycles. The Balaban J connectivity index is 1.67. The molecule has 1 spiro atoms. The van der Waals surface area contributed by atoms with Gasteiger partial charge in [-0.1, -0.05) is 18.2 Å². The first-order chi connectivity index (χ1) is 16.5. The van der Waals surface area contributed by atoms with Crippen LogP contribution < -0.4 is 24.8 Å². The average molecular weight is 457 g/mol. The fourth-order valence-electron chi connectivity index (χ4n) is 4.84. The molecule has 1 atom stereocenters. The van der Waals surface area contributed by atoms with E-state index in [1.165, 1.54) is 0 Å². The number of carboxylic acids is 1. The predicted octanol–water partition coefficient (Wildman–Crippen LogP) is 1.61. The Morgan fingerprint density at radius 1 is 1.26 bits per heavy atom. The molecular formula is C23H15N5O6. The second kappa shape index (κ2) is 6.76. The third kappa shape index (κ3) is 2.36. The summed E-state index contributed by atoms with van der Waals surface area (Å²) < 4.78 is 16.5. The maximum atomic E-state index is 14.1. The number of nitrogens with zero attached hydrogens (tertiary/aromatic N) is 3. The van der Waals surface area contributed by atoms with Crippen LogP contribution in [-0.4, -0.2) is 40.5 Å². The van der Waals surface area contributed by atoms with Gasteiger partial charge in [0.25, 0.3) is 0 Å². The van der Waals surface area contributed by atoms with Crippen molar-refractivity contribution in [3.8, 4) is 34.7 Å². The van der Waals surface area contributed by atoms with E-state index < -0.39 is 23.8 Å². The fraction of sp³-hybridized carbons (Fsp3) is 0.130. The van der Waals surface area contributed by atoms with Crippen molar-refractivity contribution in [1.82, 2.24) is 10.2 Å². The molecule has 4 heterocycles. The van der Waals surface area contributed by atoms with E-state index >= 15 is 0 Å². The lowest BCUT2D eigenvalue weighted by molar-refractivity contribution is -0.136. The Bertz CT molecular complexity index is 1490. The van der Waals surface area contributed by atoms with Gasteiger partial charge in [0, 0.05) is 16.8 Å². The number of amides is 1. The zero-order valence-corrected chi connectivity index (χ0v) is 17.4. The summed E-state index contributed by atoms with van der Waals surface area (Å²) in [6.45, 7) is -0.510. The minimum absolute atomic E-state index is 0.0181. The minimum atomic E-state index is -1.75. The van der Waals surface area contributed by atoms with Crippen LogP contribution in [0.5, 0.6) is 17.4 Å². The minimum Gasteiger partial charge on any atom is -0.480 e. The summed E-state index contributed by atoms with van der Waals surface area (Å²) in [6, 6.07) is 13.9. The average Bonchev–Trinajstić information content (AvgIpc) is 3.52. The number of nitrogens with one attached hydrogen (secondary N) is 1. The second-order valence-corrected chi connectivity index (χ2v) is 7.85. The van der Waals surface area contributed by atoms with Gasteiger partial charge in [-0.05, 0) is 24.3 Å². The van der Waals surface area contributed by atoms with Gasteiger partial charge < -0.3 is 25.1 Å². The number of rotatable bonds is 3. The number of aromatic amines is 1. The van der Waals surface area contributed by atoms with E-state index in [1.54, 1.807) is 42.5 Å². The molecular weight excluding hydrogens is 442 g/mol. The van der Waals surface area contributed by atoms with Crippen molar-refractivity contribution in [3.63, 3.8) is 0 Å². The summed E-state index contributed by atoms with van der Waals surface area (Å²) in [5, 5.41) is 26.7. The molecule has 11 heteroatoms. The lowest BCUT2D eigenvalue weighted by Gasteiger charge is -2.32. The topological polar surface area (TPSA) is 164 Å². The smallest absolute Gasteiger partial charge is 0.323 e. The van der Waals surface area contributed by atoms with Crippen LogP contribution in [-0.2, 0) is 15.0 Å². The van der Waals surface area contributed by atoms with Gasteiger partial charge in [-0.3, -0.25) is 19.6 Å². The van der Waals surface area contributed by atoms with Crippen molar-refractivity contribution < 1.29 is 28.9 Å². The Morgan fingerprint density at radius 3 is 2.85 bits per heavy atom. The molecule has 3 aromatic rings. The van der Waals surface area contributed by atoms with E-state index in [0.717, 1.165) is 4.90 Å². The van der Waals surface area contributed by atoms with E-state index in [1.807, 2.05) is 6.07 Å². The first-order valence-corrected chi connectivity index (χ1v) is 10.2. The second-order valence-electron chi connectivity index (χ2n) is 7.85. The summed E-state index contributed by atoms with van der Waals surface area (Å²) in [5.74, 6) is -1.02. The number of aliphatic carboxylic acids is 1. The number of carbonyl (C=O) groups excluding carboxylic acids is 1. The van der Waals surface area contributed by atoms with Crippen LogP contribution in [0.1, 0.15) is 11.1 Å². The van der Waals surface area contributed by atoms with Crippen LogP contribution in [0.15, 0.2) is 53.9 Å². The van der Waals surface area contributed by atoms with E-state index in [4.69, 9.17) is 19.9 Å². The summed E-state index contributed by atoms with van der Waals surface area (Å²) in [6.07, 6.45) is 0. The highest BCUT2D eigenvalue weighted by Crippen LogP contribution is 2.57. The SMILES string of the molecule is N#CC1=C(N)Oc2n[nH]c(-c3ccc4c(c3)OCO4)c2[C@@]12C(=O)N(CC(=O)O)c1ccccc12. The molecule has 2 aromatic carbocycles. The van der Waals surface area contributed by atoms with Gasteiger partial charge >= 0.3 is 5.97 Å². The van der Waals surface area contributed by atoms with E-state index in [-0.39, 0.29) is 29.7 Å². The van der Waals surface area contributed by atoms with Crippen molar-refractivity contribution >= 4 is 17.6 Å². The zero-order chi connectivity index (χ0) is 23.6. The molecule has 0 aliphatic carbocycles. The number of hydrogen-bond donors (Lipinski definition) is 3. The third-order valence-corrected chi connectivity index (χ3v) is 6.17. The number of carbonyl (C=O) groups is 2. The van der Waals surface area contributed by atoms with Crippen molar-refractivity contribution in [2.45, 2.75) is 5.41 Å². The molecule has 4 N–H and O–H groups in total. The number of fused-ring (bicyclic) bond motifs is 5. The summed E-state index contributed by atoms with van der Waals surface area (Å²) in [7, 11) is 0. The highest BCUT2D eigenvalue weighted by molar-refractivity contribution is 6.16. The Morgan fingerprint density at radius 2 is 2.06 bits per heavy atom. The number of carboxylic acid groups (broad SMARTS) is 1. The highest BCUT2D eigenvalue weighted by Gasteiger charge is 2.61. The predicted molar refractivity (Wildman–Crippen MR) is 115 cm³/mol. The first kappa shape index (κ1) is 19.7. The summed E-state index contributed by atoms with van der Waals surface area (Å²) >= 11 is 0. The Hall–Kier alpha value is -4.98. The van der Waals surface area contributed by atoms with Crippen molar-refractivity contribution in [2.75, 3.05) is 18.2 Å². The number of para-hydroxylation sites is 1. The van der Waals surface area contributed by atoms with Crippen LogP contribution in [0.2, 0.25) is 0 Å². The molecule has 0 fully saturated rings. The number of ether oxygens (including phenoxy) is 3. The number of hydrogen-bond acceptors (Lipinski definition) is 8. The van der Waals surface area contributed by atoms with Gasteiger partial charge in [0.05, 0.1) is 11.3 Å². The largest absolute Gasteiger partial charge is 0.480 e. The van der Waals surface area contributed by atoms with Gasteiger partial charge in [0.15, 0.2) is 11.5 Å². The molecule has 0 radical (unpaired) electrons. The lowest BCUT2D eigenvalue weighted by Crippen LogP contribution is -2.47. The number of anilines is 1. The summed E-state index contributed by atoms with van der Waals surface area (Å²) in [5.41, 5.74) is 6.24. The van der Waals surface area contributed by atoms with Gasteiger partial charge in [-0.15, -0.1) is 5.10 Å². The molecule has 3 aliphatic rings. The van der Waals surface area contributed by atoms with E-state index in [2.05, 4.69) is 10.2 Å². The number of nitrogens with two attached hydrogens (primary N) is 1. The standard InChI is InChI=1S/C23H15N5O6/c24-8-13-20(25)34-21-18(19(26-27-21)11-5-6-15-16(7-11)33-10-32-15)23(13)12-3-1-2-4-14(12)28(22(23)31)9-17(29)30/h1-7H,9-10,25H2,(H,26,27)(H,29,30)/t23-/m0/s1. The van der Waals surface area contributed by atoms with Crippen LogP contribution in [0.3, 0.4) is 0 Å². The highest BCUT2D eigenvalue weighted by atomic mass is 16.7. The van der Waals surface area contributed by atoms with Gasteiger partial charge in [-0.25, -0.2) is 0 Å². The fourth-order valence-corrected chi connectivity index (χ4v) is 4.84. The lowest BCUT2D eigenvalue weighted by atomic mass is 9.68. The van der Waals surface area contributed by atoms with Crippen molar-refractivity contribution in [1.29, 1.82) is 5.26 Å². The van der Waals surface area contributed by atoms with Crippen LogP contribution in [0, 0.1) is 11.3 Å². The van der Waals surface area contributed by atoms with Crippen LogP contribution in [0.4, 0.5) is 5.69 Å². The maximum absolute atomic E-state index is 14.1. The number of benzene rings is 2. The normalized spacial score (nSPS) is 19.6. The maximum Gasteiger partial charge on any atom is 0.323 e. The number of nitriles is 1. The van der Waals surface area contributed by atoms with Crippen LogP contribution in [0.25, 0.3) is 11.3 Å². The monoisotopic (exact) mass is 457 g/mol. The Labute approximate surface area is 191 Å². The number of H-pyrrole nitrogens is 1. The Kier molecular flexibility index (Phi) is 3.91. The first-order valence-electron chi connectivity index (χ1n) is 10.2. The molecule has 1 amide bonds. The molecule has 0 bridgehead atoms. The molecule has 0 saturated carbocycles. The molecule has 0 saturated heterocycles. The van der Waals surface area contributed by atoms with E-state index in [9.17, 15) is 20.0 Å². The van der Waals surface area contributed by atoms with Crippen LogP contribution >= 0.6 is 0 Å². The molecule has 3 aliphatic heterocycles. The zero-order valence-electron chi connectivity index (χ0n) is 17.4. The van der Waals surface area contributed by atoms with Gasteiger partial charge in [-0.2, -0.15) is 5.26 Å². The van der Waals surface area contributed by atoms with Crippen molar-refractivity contribution in [2.24, 2.45) is 5.73 Å². The quantitative estimate of drug-likeness (QED) is 0.530.